The van der Waals surface area contributed by atoms with Crippen LogP contribution in [0.25, 0.3) is 0 Å². The number of hydrogen-bond donors (Lipinski definition) is 7. The van der Waals surface area contributed by atoms with Crippen molar-refractivity contribution in [1.29, 1.82) is 5.41 Å². The third-order valence-electron chi connectivity index (χ3n) is 4.86. The molecule has 0 aliphatic heterocycles. The monoisotopic (exact) mass is 493 g/mol. The number of amidine groups is 1. The van der Waals surface area contributed by atoms with Crippen molar-refractivity contribution in [2.75, 3.05) is 6.54 Å². The fraction of sp³-hybridized carbons (Fsp3) is 0.240. The fourth-order valence-corrected chi connectivity index (χ4v) is 3.05. The van der Waals surface area contributed by atoms with Gasteiger partial charge in [-0.3, -0.25) is 15.0 Å². The molecule has 2 aromatic rings. The summed E-state index contributed by atoms with van der Waals surface area (Å²) in [6.07, 6.45) is -0.465. The van der Waals surface area contributed by atoms with Gasteiger partial charge in [0.1, 0.15) is 17.9 Å². The Labute approximate surface area is 207 Å². The van der Waals surface area contributed by atoms with Crippen LogP contribution in [0.1, 0.15) is 29.5 Å². The summed E-state index contributed by atoms with van der Waals surface area (Å²) >= 11 is 0. The number of hydrogen-bond acceptors (Lipinski definition) is 5. The number of nitrogens with two attached hydrogens (primary N) is 1. The highest BCUT2D eigenvalue weighted by Gasteiger charge is 2.28. The molecular formula is C25H27N5O6. The molecule has 0 fully saturated rings. The van der Waals surface area contributed by atoms with Crippen molar-refractivity contribution in [3.8, 4) is 11.8 Å². The third kappa shape index (κ3) is 9.56. The van der Waals surface area contributed by atoms with Gasteiger partial charge in [-0.2, -0.15) is 0 Å². The maximum Gasteiger partial charge on any atom is 0.326 e. The number of rotatable bonds is 11. The lowest BCUT2D eigenvalue weighted by atomic mass is 10.1. The zero-order valence-electron chi connectivity index (χ0n) is 19.3. The lowest BCUT2D eigenvalue weighted by Crippen LogP contribution is -2.54. The molecular weight excluding hydrogens is 466 g/mol. The summed E-state index contributed by atoms with van der Waals surface area (Å²) in [6, 6.07) is 11.8. The van der Waals surface area contributed by atoms with Gasteiger partial charge in [0.15, 0.2) is 0 Å². The molecule has 0 aromatic heterocycles. The van der Waals surface area contributed by atoms with Crippen molar-refractivity contribution in [1.82, 2.24) is 16.0 Å². The quantitative estimate of drug-likeness (QED) is 0.103. The van der Waals surface area contributed by atoms with Crippen LogP contribution in [0, 0.1) is 17.3 Å². The van der Waals surface area contributed by atoms with Crippen LogP contribution in [0.4, 0.5) is 4.79 Å². The highest BCUT2D eigenvalue weighted by Crippen LogP contribution is 2.05. The summed E-state index contributed by atoms with van der Waals surface area (Å²) in [5.41, 5.74) is 7.34. The Morgan fingerprint density at radius 2 is 1.61 bits per heavy atom. The molecule has 2 aromatic carbocycles. The van der Waals surface area contributed by atoms with E-state index in [1.165, 1.54) is 0 Å². The Morgan fingerprint density at radius 1 is 0.944 bits per heavy atom. The summed E-state index contributed by atoms with van der Waals surface area (Å²) in [6.45, 7) is 0.123. The molecule has 2 atom stereocenters. The van der Waals surface area contributed by atoms with E-state index < -0.39 is 42.4 Å². The van der Waals surface area contributed by atoms with E-state index in [0.29, 0.717) is 16.7 Å². The van der Waals surface area contributed by atoms with E-state index in [-0.39, 0.29) is 25.2 Å². The molecule has 0 heterocycles. The van der Waals surface area contributed by atoms with Crippen molar-refractivity contribution >= 4 is 29.7 Å². The van der Waals surface area contributed by atoms with E-state index >= 15 is 0 Å². The number of amides is 3. The Morgan fingerprint density at radius 3 is 2.19 bits per heavy atom. The Kier molecular flexibility index (Phi) is 10.5. The number of nitrogens with one attached hydrogen (secondary N) is 4. The first kappa shape index (κ1) is 27.4. The van der Waals surface area contributed by atoms with Crippen LogP contribution in [0.15, 0.2) is 54.6 Å². The molecule has 3 amide bonds. The van der Waals surface area contributed by atoms with Gasteiger partial charge in [0.25, 0.3) is 0 Å². The number of carbonyl (C=O) groups is 4. The van der Waals surface area contributed by atoms with Gasteiger partial charge in [0.2, 0.25) is 5.91 Å². The molecule has 188 valence electrons. The van der Waals surface area contributed by atoms with Gasteiger partial charge in [0.05, 0.1) is 6.42 Å². The van der Waals surface area contributed by atoms with E-state index in [1.807, 2.05) is 0 Å². The maximum atomic E-state index is 12.6. The summed E-state index contributed by atoms with van der Waals surface area (Å²) < 4.78 is 0. The largest absolute Gasteiger partial charge is 0.481 e. The van der Waals surface area contributed by atoms with Crippen molar-refractivity contribution in [2.24, 2.45) is 5.73 Å². The summed E-state index contributed by atoms with van der Waals surface area (Å²) in [5, 5.41) is 33.0. The average molecular weight is 494 g/mol. The number of nitrogen functional groups attached to an aromatic ring is 1. The minimum absolute atomic E-state index is 0.00987. The molecule has 0 aliphatic carbocycles. The van der Waals surface area contributed by atoms with E-state index in [0.717, 1.165) is 0 Å². The van der Waals surface area contributed by atoms with Crippen LogP contribution < -0.4 is 21.7 Å². The Bertz CT molecular complexity index is 1150. The second-order valence-electron chi connectivity index (χ2n) is 7.68. The molecule has 0 radical (unpaired) electrons. The zero-order valence-corrected chi connectivity index (χ0v) is 19.3. The first-order valence-electron chi connectivity index (χ1n) is 10.9. The van der Waals surface area contributed by atoms with Gasteiger partial charge in [-0.25, -0.2) is 9.59 Å². The topological polar surface area (TPSA) is 195 Å². The van der Waals surface area contributed by atoms with Crippen molar-refractivity contribution < 1.29 is 29.4 Å². The lowest BCUT2D eigenvalue weighted by molar-refractivity contribution is -0.142. The molecule has 11 heteroatoms. The van der Waals surface area contributed by atoms with Gasteiger partial charge >= 0.3 is 18.0 Å². The lowest BCUT2D eigenvalue weighted by Gasteiger charge is -2.20. The average Bonchev–Trinajstić information content (AvgIpc) is 2.83. The van der Waals surface area contributed by atoms with Crippen molar-refractivity contribution in [3.63, 3.8) is 0 Å². The molecule has 36 heavy (non-hydrogen) atoms. The van der Waals surface area contributed by atoms with E-state index in [4.69, 9.17) is 16.2 Å². The van der Waals surface area contributed by atoms with E-state index in [2.05, 4.69) is 27.8 Å². The maximum absolute atomic E-state index is 12.6. The number of carbonyl (C=O) groups excluding carboxylic acids is 2. The van der Waals surface area contributed by atoms with E-state index in [9.17, 15) is 24.3 Å². The number of urea groups is 1. The normalized spacial score (nSPS) is 11.7. The molecule has 0 saturated heterocycles. The summed E-state index contributed by atoms with van der Waals surface area (Å²) in [7, 11) is 0. The predicted molar refractivity (Wildman–Crippen MR) is 131 cm³/mol. The molecule has 2 rings (SSSR count). The molecule has 0 saturated carbocycles. The highest BCUT2D eigenvalue weighted by atomic mass is 16.4. The fourth-order valence-electron chi connectivity index (χ4n) is 3.05. The van der Waals surface area contributed by atoms with E-state index in [1.54, 1.807) is 54.6 Å². The van der Waals surface area contributed by atoms with Gasteiger partial charge < -0.3 is 31.9 Å². The minimum Gasteiger partial charge on any atom is -0.481 e. The number of carboxylic acid groups (broad SMARTS) is 2. The molecule has 8 N–H and O–H groups in total. The number of benzene rings is 2. The highest BCUT2D eigenvalue weighted by molar-refractivity contribution is 5.95. The minimum atomic E-state index is -1.48. The van der Waals surface area contributed by atoms with Crippen LogP contribution in [0.5, 0.6) is 0 Å². The predicted octanol–water partition coefficient (Wildman–Crippen LogP) is 0.667. The Hall–Kier alpha value is -4.85. The number of carboxylic acids is 2. The van der Waals surface area contributed by atoms with Crippen LogP contribution in [0.3, 0.4) is 0 Å². The van der Waals surface area contributed by atoms with Crippen molar-refractivity contribution in [2.45, 2.75) is 31.3 Å². The first-order valence-corrected chi connectivity index (χ1v) is 10.9. The molecule has 0 aliphatic rings. The van der Waals surface area contributed by atoms with Gasteiger partial charge in [-0.15, -0.1) is 0 Å². The van der Waals surface area contributed by atoms with Crippen LogP contribution in [-0.2, 0) is 20.8 Å². The second kappa shape index (κ2) is 13.8. The second-order valence-corrected chi connectivity index (χ2v) is 7.68. The third-order valence-corrected chi connectivity index (χ3v) is 4.86. The summed E-state index contributed by atoms with van der Waals surface area (Å²) in [4.78, 5) is 47.6. The van der Waals surface area contributed by atoms with Crippen LogP contribution in [0.2, 0.25) is 0 Å². The molecule has 11 nitrogen and oxygen atoms in total. The van der Waals surface area contributed by atoms with Gasteiger partial charge in [0, 0.05) is 30.5 Å². The van der Waals surface area contributed by atoms with Crippen molar-refractivity contribution in [3.05, 3.63) is 71.3 Å². The first-order chi connectivity index (χ1) is 17.2. The van der Waals surface area contributed by atoms with Crippen LogP contribution in [-0.4, -0.2) is 58.6 Å². The molecule has 0 bridgehead atoms. The molecule has 0 spiro atoms. The zero-order chi connectivity index (χ0) is 26.5. The standard InChI is InChI=1S/C25H27N5O6/c26-22(27)18-11-9-16(10-12-18)6-4-5-13-28-25(36)30-19(15-21(31)32)23(33)29-20(24(34)35)14-17-7-2-1-3-8-17/h1-3,7-12,19-20H,5,13-15H2,(H3,26,27)(H,29,33)(H,31,32)(H,34,35)(H2,28,30,36). The summed E-state index contributed by atoms with van der Waals surface area (Å²) in [5.74, 6) is 2.15. The SMILES string of the molecule is N=C(N)c1ccc(C#CCCNC(=O)NC(CC(=O)O)C(=O)NC(Cc2ccccc2)C(=O)O)cc1. The van der Waals surface area contributed by atoms with Gasteiger partial charge in [-0.05, 0) is 17.7 Å². The molecule has 2 unspecified atom stereocenters. The van der Waals surface area contributed by atoms with Gasteiger partial charge in [-0.1, -0.05) is 54.3 Å². The smallest absolute Gasteiger partial charge is 0.326 e. The van der Waals surface area contributed by atoms with Crippen LogP contribution >= 0.6 is 0 Å². The number of aliphatic carboxylic acids is 2. The Balaban J connectivity index is 1.89.